The van der Waals surface area contributed by atoms with Gasteiger partial charge in [-0.3, -0.25) is 4.79 Å². The highest BCUT2D eigenvalue weighted by molar-refractivity contribution is 5.92. The van der Waals surface area contributed by atoms with Crippen molar-refractivity contribution in [2.24, 2.45) is 0 Å². The van der Waals surface area contributed by atoms with Gasteiger partial charge in [-0.2, -0.15) is 13.2 Å². The van der Waals surface area contributed by atoms with Gasteiger partial charge in [0.1, 0.15) is 17.3 Å². The highest BCUT2D eigenvalue weighted by Crippen LogP contribution is 2.32. The fourth-order valence-corrected chi connectivity index (χ4v) is 4.93. The van der Waals surface area contributed by atoms with Crippen molar-refractivity contribution >= 4 is 11.6 Å². The van der Waals surface area contributed by atoms with Crippen molar-refractivity contribution in [1.82, 2.24) is 14.5 Å². The van der Waals surface area contributed by atoms with Crippen LogP contribution in [0.3, 0.4) is 0 Å². The number of halogens is 4. The third kappa shape index (κ3) is 4.76. The topological polar surface area (TPSA) is 41.4 Å². The number of aryl methyl sites for hydroxylation is 2. The van der Waals surface area contributed by atoms with Crippen LogP contribution in [-0.2, 0) is 19.1 Å². The molecule has 0 bridgehead atoms. The Balaban J connectivity index is 1.21. The first-order valence-electron chi connectivity index (χ1n) is 11.7. The summed E-state index contributed by atoms with van der Waals surface area (Å²) in [6.45, 7) is 4.48. The zero-order valence-electron chi connectivity index (χ0n) is 19.4. The van der Waals surface area contributed by atoms with Crippen LogP contribution in [0.5, 0.6) is 0 Å². The average Bonchev–Trinajstić information content (AvgIpc) is 3.28. The summed E-state index contributed by atoms with van der Waals surface area (Å²) in [5.74, 6) is 0.783. The van der Waals surface area contributed by atoms with Crippen LogP contribution in [0.1, 0.15) is 45.3 Å². The van der Waals surface area contributed by atoms with Gasteiger partial charge in [0.15, 0.2) is 0 Å². The molecule has 1 aromatic heterocycles. The molecule has 3 heterocycles. The molecule has 1 amide bonds. The van der Waals surface area contributed by atoms with E-state index in [1.807, 2.05) is 27.8 Å². The molecule has 1 saturated heterocycles. The van der Waals surface area contributed by atoms with Crippen LogP contribution in [0.4, 0.5) is 23.2 Å². The standard InChI is InChI=1S/C26H26F4N4O/c1-17-14-18(2-8-22(17)27)19-3-9-24-31-23(16-34(24)15-19)25(35)33-12-10-32(11-13-33)21-6-4-20(5-7-21)26(28,29)30/h2,4-8,14,16,19H,3,9-13,15H2,1H3. The van der Waals surface area contributed by atoms with Gasteiger partial charge >= 0.3 is 6.18 Å². The molecule has 0 spiro atoms. The van der Waals surface area contributed by atoms with Gasteiger partial charge in [0.05, 0.1) is 5.56 Å². The number of alkyl halides is 3. The summed E-state index contributed by atoms with van der Waals surface area (Å²) >= 11 is 0. The lowest BCUT2D eigenvalue weighted by Crippen LogP contribution is -2.48. The van der Waals surface area contributed by atoms with Gasteiger partial charge in [-0.25, -0.2) is 9.37 Å². The zero-order valence-corrected chi connectivity index (χ0v) is 19.4. The number of hydrogen-bond donors (Lipinski definition) is 0. The molecular formula is C26H26F4N4O. The molecule has 5 rings (SSSR count). The minimum Gasteiger partial charge on any atom is -0.368 e. The van der Waals surface area contributed by atoms with Crippen LogP contribution in [-0.4, -0.2) is 46.5 Å². The van der Waals surface area contributed by atoms with Crippen molar-refractivity contribution in [3.05, 3.63) is 82.7 Å². The molecule has 1 atom stereocenters. The van der Waals surface area contributed by atoms with Crippen LogP contribution in [0.15, 0.2) is 48.7 Å². The number of rotatable bonds is 3. The summed E-state index contributed by atoms with van der Waals surface area (Å²) in [6.07, 6.45) is -0.911. The quantitative estimate of drug-likeness (QED) is 0.487. The third-order valence-electron chi connectivity index (χ3n) is 6.99. The number of anilines is 1. The van der Waals surface area contributed by atoms with Gasteiger partial charge in [-0.1, -0.05) is 12.1 Å². The van der Waals surface area contributed by atoms with E-state index in [9.17, 15) is 22.4 Å². The van der Waals surface area contributed by atoms with Crippen molar-refractivity contribution < 1.29 is 22.4 Å². The van der Waals surface area contributed by atoms with E-state index in [-0.39, 0.29) is 17.6 Å². The van der Waals surface area contributed by atoms with Crippen LogP contribution >= 0.6 is 0 Å². The molecule has 2 aliphatic heterocycles. The monoisotopic (exact) mass is 486 g/mol. The predicted octanol–water partition coefficient (Wildman–Crippen LogP) is 5.04. The number of piperazine rings is 1. The van der Waals surface area contributed by atoms with Gasteiger partial charge in [0.25, 0.3) is 5.91 Å². The number of carbonyl (C=O) groups excluding carboxylic acids is 1. The third-order valence-corrected chi connectivity index (χ3v) is 6.99. The van der Waals surface area contributed by atoms with E-state index in [0.29, 0.717) is 49.7 Å². The lowest BCUT2D eigenvalue weighted by molar-refractivity contribution is -0.137. The molecule has 0 saturated carbocycles. The molecule has 2 aliphatic rings. The highest BCUT2D eigenvalue weighted by Gasteiger charge is 2.31. The van der Waals surface area contributed by atoms with Crippen LogP contribution in [0.25, 0.3) is 0 Å². The summed E-state index contributed by atoms with van der Waals surface area (Å²) in [7, 11) is 0. The van der Waals surface area contributed by atoms with E-state index in [2.05, 4.69) is 4.98 Å². The summed E-state index contributed by atoms with van der Waals surface area (Å²) in [5, 5.41) is 0. The predicted molar refractivity (Wildman–Crippen MR) is 124 cm³/mol. The van der Waals surface area contributed by atoms with Gasteiger partial charge < -0.3 is 14.4 Å². The van der Waals surface area contributed by atoms with E-state index in [1.165, 1.54) is 18.2 Å². The Morgan fingerprint density at radius 2 is 1.74 bits per heavy atom. The molecule has 184 valence electrons. The Kier molecular flexibility index (Phi) is 6.02. The number of carbonyl (C=O) groups is 1. The van der Waals surface area contributed by atoms with E-state index < -0.39 is 11.7 Å². The number of nitrogens with zero attached hydrogens (tertiary/aromatic N) is 4. The van der Waals surface area contributed by atoms with E-state index in [4.69, 9.17) is 0 Å². The normalized spacial score (nSPS) is 18.5. The van der Waals surface area contributed by atoms with E-state index >= 15 is 0 Å². The SMILES string of the molecule is Cc1cc(C2CCc3nc(C(=O)N4CCN(c5ccc(C(F)(F)F)cc5)CC4)cn3C2)ccc1F. The van der Waals surface area contributed by atoms with Crippen LogP contribution in [0, 0.1) is 12.7 Å². The number of benzene rings is 2. The molecule has 2 aromatic carbocycles. The van der Waals surface area contributed by atoms with E-state index in [0.717, 1.165) is 36.4 Å². The largest absolute Gasteiger partial charge is 0.416 e. The summed E-state index contributed by atoms with van der Waals surface area (Å²) in [5.41, 5.74) is 2.18. The molecule has 0 radical (unpaired) electrons. The molecule has 0 aliphatic carbocycles. The Bertz CT molecular complexity index is 1230. The zero-order chi connectivity index (χ0) is 24.7. The number of aromatic nitrogens is 2. The van der Waals surface area contributed by atoms with Crippen molar-refractivity contribution in [1.29, 1.82) is 0 Å². The first kappa shape index (κ1) is 23.4. The van der Waals surface area contributed by atoms with Crippen LogP contribution < -0.4 is 4.90 Å². The number of hydrogen-bond acceptors (Lipinski definition) is 3. The maximum Gasteiger partial charge on any atom is 0.416 e. The maximum atomic E-state index is 13.7. The Labute approximate surface area is 201 Å². The Morgan fingerprint density at radius 1 is 1.03 bits per heavy atom. The Morgan fingerprint density at radius 3 is 2.40 bits per heavy atom. The number of amides is 1. The smallest absolute Gasteiger partial charge is 0.368 e. The first-order valence-corrected chi connectivity index (χ1v) is 11.7. The van der Waals surface area contributed by atoms with Crippen molar-refractivity contribution in [3.8, 4) is 0 Å². The van der Waals surface area contributed by atoms with Gasteiger partial charge in [-0.15, -0.1) is 0 Å². The molecule has 5 nitrogen and oxygen atoms in total. The molecular weight excluding hydrogens is 460 g/mol. The fraction of sp³-hybridized carbons (Fsp3) is 0.385. The molecule has 1 unspecified atom stereocenters. The van der Waals surface area contributed by atoms with Gasteiger partial charge in [0, 0.05) is 56.9 Å². The minimum absolute atomic E-state index is 0.131. The highest BCUT2D eigenvalue weighted by atomic mass is 19.4. The summed E-state index contributed by atoms with van der Waals surface area (Å²) in [6, 6.07) is 10.4. The lowest BCUT2D eigenvalue weighted by Gasteiger charge is -2.36. The van der Waals surface area contributed by atoms with Crippen molar-refractivity contribution in [2.45, 2.75) is 38.4 Å². The second-order valence-corrected chi connectivity index (χ2v) is 9.26. The second-order valence-electron chi connectivity index (χ2n) is 9.26. The minimum atomic E-state index is -4.36. The van der Waals surface area contributed by atoms with Crippen molar-refractivity contribution in [3.63, 3.8) is 0 Å². The van der Waals surface area contributed by atoms with Crippen molar-refractivity contribution in [2.75, 3.05) is 31.1 Å². The fourth-order valence-electron chi connectivity index (χ4n) is 4.93. The molecule has 3 aromatic rings. The van der Waals surface area contributed by atoms with Gasteiger partial charge in [0.2, 0.25) is 0 Å². The lowest BCUT2D eigenvalue weighted by atomic mass is 9.90. The number of fused-ring (bicyclic) bond motifs is 1. The Hall–Kier alpha value is -3.36. The molecule has 0 N–H and O–H groups in total. The molecule has 35 heavy (non-hydrogen) atoms. The second kappa shape index (κ2) is 9.02. The summed E-state index contributed by atoms with van der Waals surface area (Å²) in [4.78, 5) is 21.4. The first-order chi connectivity index (χ1) is 16.7. The average molecular weight is 487 g/mol. The number of imidazole rings is 1. The maximum absolute atomic E-state index is 13.7. The summed E-state index contributed by atoms with van der Waals surface area (Å²) < 4.78 is 54.1. The molecule has 9 heteroatoms. The van der Waals surface area contributed by atoms with Crippen LogP contribution in [0.2, 0.25) is 0 Å². The molecule has 1 fully saturated rings. The van der Waals surface area contributed by atoms with Gasteiger partial charge in [-0.05, 0) is 54.8 Å². The van der Waals surface area contributed by atoms with E-state index in [1.54, 1.807) is 11.8 Å².